The van der Waals surface area contributed by atoms with Crippen LogP contribution in [0.25, 0.3) is 11.1 Å². The fourth-order valence-corrected chi connectivity index (χ4v) is 6.20. The number of nitrogens with zero attached hydrogens (tertiary/aromatic N) is 1. The Morgan fingerprint density at radius 1 is 1.11 bits per heavy atom. The molecule has 0 saturated carbocycles. The molecule has 1 heterocycles. The van der Waals surface area contributed by atoms with Gasteiger partial charge in [-0.1, -0.05) is 48.5 Å². The molecular formula is C34H43N5O5S. The molecule has 10 nitrogen and oxygen atoms in total. The fourth-order valence-electron chi connectivity index (χ4n) is 5.10. The summed E-state index contributed by atoms with van der Waals surface area (Å²) in [5, 5.41) is 21.2. The van der Waals surface area contributed by atoms with Crippen LogP contribution >= 0.6 is 11.8 Å². The van der Waals surface area contributed by atoms with E-state index in [1.54, 1.807) is 26.0 Å². The number of amides is 4. The van der Waals surface area contributed by atoms with Crippen LogP contribution in [0, 0.1) is 0 Å². The molecule has 0 fully saturated rings. The van der Waals surface area contributed by atoms with E-state index < -0.39 is 17.7 Å². The molecular weight excluding hydrogens is 590 g/mol. The quantitative estimate of drug-likeness (QED) is 0.203. The molecule has 11 heteroatoms. The average molecular weight is 634 g/mol. The lowest BCUT2D eigenvalue weighted by Crippen LogP contribution is -2.52. The number of aliphatic hydroxyl groups is 1. The molecule has 5 N–H and O–H groups in total. The Labute approximate surface area is 269 Å². The molecule has 0 bridgehead atoms. The number of anilines is 1. The van der Waals surface area contributed by atoms with Gasteiger partial charge in [-0.25, -0.2) is 4.79 Å². The number of rotatable bonds is 12. The predicted molar refractivity (Wildman–Crippen MR) is 178 cm³/mol. The van der Waals surface area contributed by atoms with E-state index in [1.165, 1.54) is 11.8 Å². The third-order valence-corrected chi connectivity index (χ3v) is 8.67. The van der Waals surface area contributed by atoms with E-state index in [4.69, 9.17) is 4.74 Å². The van der Waals surface area contributed by atoms with Crippen LogP contribution in [-0.2, 0) is 22.7 Å². The molecule has 3 aromatic carbocycles. The summed E-state index contributed by atoms with van der Waals surface area (Å²) in [6.45, 7) is 6.54. The van der Waals surface area contributed by atoms with Gasteiger partial charge in [-0.2, -0.15) is 0 Å². The van der Waals surface area contributed by atoms with Gasteiger partial charge in [0.1, 0.15) is 11.8 Å². The second-order valence-corrected chi connectivity index (χ2v) is 12.8. The number of fused-ring (bicyclic) bond motifs is 1. The number of urea groups is 1. The molecule has 2 atom stereocenters. The van der Waals surface area contributed by atoms with Gasteiger partial charge < -0.3 is 36.0 Å². The Kier molecular flexibility index (Phi) is 11.5. The SMILES string of the molecule is CNC(=O)NCc1ccccc1-c1ccc(CN2C(=O)[C@H](NC(=O)CC(C)(C)NC[C@@H](C)O)CSc3cc(OC)ccc32)cc1. The minimum Gasteiger partial charge on any atom is -0.497 e. The van der Waals surface area contributed by atoms with Gasteiger partial charge in [0.05, 0.1) is 25.4 Å². The maximum atomic E-state index is 14.0. The summed E-state index contributed by atoms with van der Waals surface area (Å²) in [4.78, 5) is 41.5. The van der Waals surface area contributed by atoms with Crippen molar-refractivity contribution < 1.29 is 24.2 Å². The van der Waals surface area contributed by atoms with E-state index >= 15 is 0 Å². The molecule has 45 heavy (non-hydrogen) atoms. The Balaban J connectivity index is 1.55. The average Bonchev–Trinajstić information content (AvgIpc) is 3.15. The number of nitrogens with one attached hydrogen (secondary N) is 4. The van der Waals surface area contributed by atoms with Crippen molar-refractivity contribution in [3.63, 3.8) is 0 Å². The van der Waals surface area contributed by atoms with Gasteiger partial charge in [0, 0.05) is 42.7 Å². The van der Waals surface area contributed by atoms with Gasteiger partial charge in [0.2, 0.25) is 5.91 Å². The van der Waals surface area contributed by atoms with Crippen molar-refractivity contribution in [3.8, 4) is 16.9 Å². The number of carbonyl (C=O) groups is 3. The van der Waals surface area contributed by atoms with Gasteiger partial charge in [-0.15, -0.1) is 11.8 Å². The Morgan fingerprint density at radius 2 is 1.84 bits per heavy atom. The molecule has 0 saturated heterocycles. The Morgan fingerprint density at radius 3 is 2.53 bits per heavy atom. The maximum absolute atomic E-state index is 14.0. The summed E-state index contributed by atoms with van der Waals surface area (Å²) in [6, 6.07) is 20.6. The number of ether oxygens (including phenoxy) is 1. The maximum Gasteiger partial charge on any atom is 0.314 e. The summed E-state index contributed by atoms with van der Waals surface area (Å²) in [7, 11) is 3.19. The second kappa shape index (κ2) is 15.3. The molecule has 0 aromatic heterocycles. The Hall–Kier alpha value is -4.06. The number of carbonyl (C=O) groups excluding carboxylic acids is 3. The fraction of sp³-hybridized carbons (Fsp3) is 0.382. The van der Waals surface area contributed by atoms with Crippen LogP contribution in [0.15, 0.2) is 71.6 Å². The molecule has 4 rings (SSSR count). The van der Waals surface area contributed by atoms with E-state index in [-0.39, 0.29) is 24.3 Å². The minimum absolute atomic E-state index is 0.149. The summed E-state index contributed by atoms with van der Waals surface area (Å²) >= 11 is 1.51. The minimum atomic E-state index is -0.729. The Bertz CT molecular complexity index is 1490. The molecule has 3 aromatic rings. The monoisotopic (exact) mass is 633 g/mol. The highest BCUT2D eigenvalue weighted by atomic mass is 32.2. The summed E-state index contributed by atoms with van der Waals surface area (Å²) in [5.41, 5.74) is 4.11. The van der Waals surface area contributed by atoms with Crippen LogP contribution < -0.4 is 30.9 Å². The van der Waals surface area contributed by atoms with Crippen LogP contribution in [0.3, 0.4) is 0 Å². The standard InChI is InChI=1S/C34H43N5O5S/c1-22(40)18-37-34(2,3)17-31(41)38-28-21-45-30-16-26(44-5)14-15-29(30)39(32(28)42)20-23-10-12-24(13-11-23)27-9-7-6-8-25(27)19-36-33(43)35-4/h6-16,22,28,37,40H,17-21H2,1-5H3,(H,38,41)(H2,35,36,43)/t22-,28-/m1/s1. The molecule has 240 valence electrons. The van der Waals surface area contributed by atoms with Crippen molar-refractivity contribution in [3.05, 3.63) is 77.9 Å². The van der Waals surface area contributed by atoms with Crippen molar-refractivity contribution in [2.24, 2.45) is 0 Å². The van der Waals surface area contributed by atoms with Crippen molar-refractivity contribution >= 4 is 35.3 Å². The smallest absolute Gasteiger partial charge is 0.314 e. The second-order valence-electron chi connectivity index (χ2n) is 11.8. The van der Waals surface area contributed by atoms with Crippen molar-refractivity contribution in [1.82, 2.24) is 21.3 Å². The van der Waals surface area contributed by atoms with Crippen LogP contribution in [0.5, 0.6) is 5.75 Å². The van der Waals surface area contributed by atoms with Gasteiger partial charge in [0.15, 0.2) is 0 Å². The zero-order valence-electron chi connectivity index (χ0n) is 26.5. The summed E-state index contributed by atoms with van der Waals surface area (Å²) in [5.74, 6) is 0.637. The first-order valence-corrected chi connectivity index (χ1v) is 16.0. The van der Waals surface area contributed by atoms with E-state index in [1.807, 2.05) is 80.6 Å². The normalized spacial score (nSPS) is 15.5. The first-order valence-electron chi connectivity index (χ1n) is 15.0. The molecule has 1 aliphatic rings. The third kappa shape index (κ3) is 9.23. The predicted octanol–water partition coefficient (Wildman–Crippen LogP) is 4.05. The van der Waals surface area contributed by atoms with Gasteiger partial charge in [0.25, 0.3) is 5.91 Å². The van der Waals surface area contributed by atoms with Gasteiger partial charge >= 0.3 is 6.03 Å². The molecule has 0 aliphatic carbocycles. The topological polar surface area (TPSA) is 132 Å². The zero-order valence-corrected chi connectivity index (χ0v) is 27.3. The number of benzene rings is 3. The lowest BCUT2D eigenvalue weighted by molar-refractivity contribution is -0.127. The number of methoxy groups -OCH3 is 1. The number of hydrogen-bond acceptors (Lipinski definition) is 7. The van der Waals surface area contributed by atoms with Gasteiger partial charge in [-0.05, 0) is 61.2 Å². The zero-order chi connectivity index (χ0) is 32.6. The molecule has 0 unspecified atom stereocenters. The van der Waals surface area contributed by atoms with E-state index in [0.717, 1.165) is 32.8 Å². The highest BCUT2D eigenvalue weighted by Crippen LogP contribution is 2.38. The van der Waals surface area contributed by atoms with Crippen LogP contribution in [-0.4, -0.2) is 67.1 Å². The van der Waals surface area contributed by atoms with Crippen molar-refractivity contribution in [2.75, 3.05) is 31.4 Å². The van der Waals surface area contributed by atoms with Crippen LogP contribution in [0.1, 0.15) is 38.3 Å². The van der Waals surface area contributed by atoms with E-state index in [2.05, 4.69) is 21.3 Å². The number of aliphatic hydroxyl groups excluding tert-OH is 1. The lowest BCUT2D eigenvalue weighted by Gasteiger charge is -2.29. The molecule has 0 spiro atoms. The summed E-state index contributed by atoms with van der Waals surface area (Å²) in [6.07, 6.45) is -0.387. The van der Waals surface area contributed by atoms with Gasteiger partial charge in [-0.3, -0.25) is 9.59 Å². The van der Waals surface area contributed by atoms with E-state index in [0.29, 0.717) is 31.1 Å². The largest absolute Gasteiger partial charge is 0.497 e. The van der Waals surface area contributed by atoms with Crippen molar-refractivity contribution in [1.29, 1.82) is 0 Å². The number of thioether (sulfide) groups is 1. The third-order valence-electron chi connectivity index (χ3n) is 7.53. The van der Waals surface area contributed by atoms with Crippen LogP contribution in [0.4, 0.5) is 10.5 Å². The van der Waals surface area contributed by atoms with Crippen molar-refractivity contribution in [2.45, 2.75) is 62.9 Å². The first-order chi connectivity index (χ1) is 21.5. The number of β-amino-alcohol motifs (C(OH)–C–C–N with tert-alkyl or cyclic N) is 1. The highest BCUT2D eigenvalue weighted by Gasteiger charge is 2.33. The highest BCUT2D eigenvalue weighted by molar-refractivity contribution is 7.99. The molecule has 4 amide bonds. The molecule has 0 radical (unpaired) electrons. The lowest BCUT2D eigenvalue weighted by atomic mass is 9.98. The van der Waals surface area contributed by atoms with E-state index in [9.17, 15) is 19.5 Å². The first kappa shape index (κ1) is 33.8. The van der Waals surface area contributed by atoms with Crippen LogP contribution in [0.2, 0.25) is 0 Å². The summed E-state index contributed by atoms with van der Waals surface area (Å²) < 4.78 is 5.45. The molecule has 1 aliphatic heterocycles. The number of hydrogen-bond donors (Lipinski definition) is 5.